The van der Waals surface area contributed by atoms with Crippen LogP contribution < -0.4 is 15.0 Å². The van der Waals surface area contributed by atoms with Crippen LogP contribution in [0.5, 0.6) is 5.75 Å². The number of esters is 1. The second-order valence-corrected chi connectivity index (χ2v) is 6.23. The molecule has 0 saturated carbocycles. The third-order valence-corrected chi connectivity index (χ3v) is 3.84. The van der Waals surface area contributed by atoms with Crippen LogP contribution in [-0.4, -0.2) is 25.0 Å². The number of hydrogen-bond acceptors (Lipinski definition) is 4. The second kappa shape index (κ2) is 6.35. The van der Waals surface area contributed by atoms with Gasteiger partial charge in [-0.1, -0.05) is 12.1 Å². The molecule has 0 unspecified atom stereocenters. The molecule has 5 nitrogen and oxygen atoms in total. The molecule has 1 amide bonds. The lowest BCUT2D eigenvalue weighted by Gasteiger charge is -2.29. The normalized spacial score (nSPS) is 13.3. The Hall–Kier alpha value is -2.82. The summed E-state index contributed by atoms with van der Waals surface area (Å²) in [5, 5.41) is 2.90. The van der Waals surface area contributed by atoms with Crippen molar-refractivity contribution in [2.75, 3.05) is 23.3 Å². The highest BCUT2D eigenvalue weighted by atomic mass is 16.5. The van der Waals surface area contributed by atoms with Gasteiger partial charge < -0.3 is 15.0 Å². The summed E-state index contributed by atoms with van der Waals surface area (Å²) in [7, 11) is 0. The first-order valence-corrected chi connectivity index (χ1v) is 7.85. The summed E-state index contributed by atoms with van der Waals surface area (Å²) in [5.74, 6) is -0.0243. The SMILES string of the molecule is Cc1cc(C)cc(NC(=O)CN2CC(=O)Oc3ccc(C)cc32)c1. The number of ether oxygens (including phenoxy) is 1. The maximum atomic E-state index is 12.4. The minimum absolute atomic E-state index is 0.0662. The van der Waals surface area contributed by atoms with Crippen molar-refractivity contribution in [3.63, 3.8) is 0 Å². The van der Waals surface area contributed by atoms with E-state index < -0.39 is 0 Å². The van der Waals surface area contributed by atoms with Gasteiger partial charge in [0.1, 0.15) is 6.54 Å². The molecule has 0 aliphatic carbocycles. The molecular weight excluding hydrogens is 304 g/mol. The first-order valence-electron chi connectivity index (χ1n) is 7.85. The van der Waals surface area contributed by atoms with Crippen molar-refractivity contribution in [1.29, 1.82) is 0 Å². The van der Waals surface area contributed by atoms with E-state index in [0.717, 1.165) is 28.1 Å². The molecule has 0 spiro atoms. The fraction of sp³-hybridized carbons (Fsp3) is 0.263. The molecule has 1 N–H and O–H groups in total. The van der Waals surface area contributed by atoms with Gasteiger partial charge in [0, 0.05) is 5.69 Å². The van der Waals surface area contributed by atoms with Crippen molar-refractivity contribution in [2.24, 2.45) is 0 Å². The lowest BCUT2D eigenvalue weighted by atomic mass is 10.1. The number of hydrogen-bond donors (Lipinski definition) is 1. The van der Waals surface area contributed by atoms with E-state index in [4.69, 9.17) is 4.74 Å². The minimum Gasteiger partial charge on any atom is -0.423 e. The number of nitrogens with one attached hydrogen (secondary N) is 1. The molecule has 124 valence electrons. The van der Waals surface area contributed by atoms with E-state index in [1.54, 1.807) is 11.0 Å². The van der Waals surface area contributed by atoms with Crippen molar-refractivity contribution in [1.82, 2.24) is 0 Å². The summed E-state index contributed by atoms with van der Waals surface area (Å²) in [6.07, 6.45) is 0. The number of carbonyl (C=O) groups excluding carboxylic acids is 2. The monoisotopic (exact) mass is 324 g/mol. The molecule has 2 aromatic carbocycles. The number of nitrogens with zero attached hydrogens (tertiary/aromatic N) is 1. The predicted octanol–water partition coefficient (Wildman–Crippen LogP) is 2.98. The molecular formula is C19H20N2O3. The molecule has 0 radical (unpaired) electrons. The van der Waals surface area contributed by atoms with E-state index in [9.17, 15) is 9.59 Å². The summed E-state index contributed by atoms with van der Waals surface area (Å²) in [4.78, 5) is 25.9. The van der Waals surface area contributed by atoms with Gasteiger partial charge in [0.15, 0.2) is 5.75 Å². The number of fused-ring (bicyclic) bond motifs is 1. The van der Waals surface area contributed by atoms with E-state index >= 15 is 0 Å². The fourth-order valence-electron chi connectivity index (χ4n) is 2.92. The van der Waals surface area contributed by atoms with Gasteiger partial charge in [-0.3, -0.25) is 4.79 Å². The van der Waals surface area contributed by atoms with Gasteiger partial charge >= 0.3 is 5.97 Å². The summed E-state index contributed by atoms with van der Waals surface area (Å²) in [6, 6.07) is 11.5. The lowest BCUT2D eigenvalue weighted by Crippen LogP contribution is -2.41. The Morgan fingerprint density at radius 3 is 2.50 bits per heavy atom. The van der Waals surface area contributed by atoms with Crippen LogP contribution in [0, 0.1) is 20.8 Å². The number of amides is 1. The molecule has 0 aromatic heterocycles. The van der Waals surface area contributed by atoms with Crippen LogP contribution in [0.25, 0.3) is 0 Å². The molecule has 3 rings (SSSR count). The number of rotatable bonds is 3. The molecule has 1 aliphatic heterocycles. The van der Waals surface area contributed by atoms with Gasteiger partial charge in [-0.15, -0.1) is 0 Å². The van der Waals surface area contributed by atoms with Gasteiger partial charge in [-0.2, -0.15) is 0 Å². The molecule has 24 heavy (non-hydrogen) atoms. The fourth-order valence-corrected chi connectivity index (χ4v) is 2.92. The van der Waals surface area contributed by atoms with Crippen LogP contribution in [0.3, 0.4) is 0 Å². The van der Waals surface area contributed by atoms with Crippen molar-refractivity contribution in [3.05, 3.63) is 53.1 Å². The van der Waals surface area contributed by atoms with Crippen LogP contribution in [0.4, 0.5) is 11.4 Å². The first-order chi connectivity index (χ1) is 11.4. The highest BCUT2D eigenvalue weighted by molar-refractivity contribution is 5.96. The zero-order valence-corrected chi connectivity index (χ0v) is 14.1. The average Bonchev–Trinajstić information content (AvgIpc) is 2.46. The molecule has 0 bridgehead atoms. The Balaban J connectivity index is 1.77. The number of carbonyl (C=O) groups is 2. The molecule has 0 fully saturated rings. The van der Waals surface area contributed by atoms with Crippen LogP contribution >= 0.6 is 0 Å². The van der Waals surface area contributed by atoms with Crippen LogP contribution in [0.1, 0.15) is 16.7 Å². The summed E-state index contributed by atoms with van der Waals surface area (Å²) >= 11 is 0. The number of aryl methyl sites for hydroxylation is 3. The van der Waals surface area contributed by atoms with Crippen molar-refractivity contribution >= 4 is 23.3 Å². The van der Waals surface area contributed by atoms with E-state index in [0.29, 0.717) is 5.75 Å². The summed E-state index contributed by atoms with van der Waals surface area (Å²) in [5.41, 5.74) is 4.76. The van der Waals surface area contributed by atoms with Crippen LogP contribution in [-0.2, 0) is 9.59 Å². The summed E-state index contributed by atoms with van der Waals surface area (Å²) < 4.78 is 5.24. The maximum Gasteiger partial charge on any atom is 0.331 e. The van der Waals surface area contributed by atoms with Gasteiger partial charge in [0.25, 0.3) is 0 Å². The van der Waals surface area contributed by atoms with Gasteiger partial charge in [0.05, 0.1) is 12.2 Å². The lowest BCUT2D eigenvalue weighted by molar-refractivity contribution is -0.133. The van der Waals surface area contributed by atoms with Gasteiger partial charge in [-0.25, -0.2) is 4.79 Å². The van der Waals surface area contributed by atoms with Gasteiger partial charge in [0.2, 0.25) is 5.91 Å². The highest BCUT2D eigenvalue weighted by Gasteiger charge is 2.25. The third kappa shape index (κ3) is 3.56. The zero-order chi connectivity index (χ0) is 17.3. The van der Waals surface area contributed by atoms with E-state index in [1.165, 1.54) is 0 Å². The smallest absolute Gasteiger partial charge is 0.331 e. The van der Waals surface area contributed by atoms with Crippen molar-refractivity contribution in [2.45, 2.75) is 20.8 Å². The molecule has 0 atom stereocenters. The Bertz CT molecular complexity index is 794. The molecule has 1 aliphatic rings. The van der Waals surface area contributed by atoms with Gasteiger partial charge in [-0.05, 0) is 61.7 Å². The average molecular weight is 324 g/mol. The zero-order valence-electron chi connectivity index (χ0n) is 14.1. The third-order valence-electron chi connectivity index (χ3n) is 3.84. The Morgan fingerprint density at radius 2 is 1.79 bits per heavy atom. The van der Waals surface area contributed by atoms with Crippen LogP contribution in [0.2, 0.25) is 0 Å². The first kappa shape index (κ1) is 16.1. The molecule has 2 aromatic rings. The largest absolute Gasteiger partial charge is 0.423 e. The Morgan fingerprint density at radius 1 is 1.08 bits per heavy atom. The quantitative estimate of drug-likeness (QED) is 0.696. The second-order valence-electron chi connectivity index (χ2n) is 6.23. The Labute approximate surface area is 141 Å². The molecule has 0 saturated heterocycles. The highest BCUT2D eigenvalue weighted by Crippen LogP contribution is 2.32. The van der Waals surface area contributed by atoms with Crippen molar-refractivity contribution in [3.8, 4) is 5.75 Å². The van der Waals surface area contributed by atoms with E-state index in [-0.39, 0.29) is 25.0 Å². The van der Waals surface area contributed by atoms with Crippen LogP contribution in [0.15, 0.2) is 36.4 Å². The van der Waals surface area contributed by atoms with E-state index in [2.05, 4.69) is 11.4 Å². The summed E-state index contributed by atoms with van der Waals surface area (Å²) in [6.45, 7) is 6.10. The standard InChI is InChI=1S/C19H20N2O3/c1-12-4-5-17-16(9-12)21(11-19(23)24-17)10-18(22)20-15-7-13(2)6-14(3)8-15/h4-9H,10-11H2,1-3H3,(H,20,22). The van der Waals surface area contributed by atoms with E-state index in [1.807, 2.05) is 45.0 Å². The minimum atomic E-state index is -0.356. The van der Waals surface area contributed by atoms with Crippen molar-refractivity contribution < 1.29 is 14.3 Å². The predicted molar refractivity (Wildman–Crippen MR) is 93.6 cm³/mol. The topological polar surface area (TPSA) is 58.6 Å². The number of benzene rings is 2. The Kier molecular flexibility index (Phi) is 4.25. The maximum absolute atomic E-state index is 12.4. The number of anilines is 2. The molecule has 1 heterocycles. The molecule has 5 heteroatoms.